The lowest BCUT2D eigenvalue weighted by atomic mass is 10.1. The van der Waals surface area contributed by atoms with E-state index in [1.165, 1.54) is 18.2 Å². The molecule has 0 unspecified atom stereocenters. The molecular formula is C18H17N3O4. The zero-order chi connectivity index (χ0) is 18.0. The van der Waals surface area contributed by atoms with Gasteiger partial charge in [-0.05, 0) is 25.1 Å². The van der Waals surface area contributed by atoms with Gasteiger partial charge in [0.1, 0.15) is 0 Å². The molecule has 7 heteroatoms. The fraction of sp³-hybridized carbons (Fsp3) is 0.222. The van der Waals surface area contributed by atoms with Crippen molar-refractivity contribution in [2.24, 2.45) is 5.92 Å². The van der Waals surface area contributed by atoms with Crippen LogP contribution in [0.2, 0.25) is 0 Å². The SMILES string of the molecule is Cc1ccc(N2C[C@@H](C(=O)Nc3cccc([N+](=O)[O-])c3)CC2=O)cc1. The first-order valence-electron chi connectivity index (χ1n) is 7.86. The first kappa shape index (κ1) is 16.6. The molecule has 2 aromatic rings. The molecular weight excluding hydrogens is 322 g/mol. The second-order valence-electron chi connectivity index (χ2n) is 6.04. The standard InChI is InChI=1S/C18H17N3O4/c1-12-5-7-15(8-6-12)20-11-13(9-17(20)22)18(23)19-14-3-2-4-16(10-14)21(24)25/h2-8,10,13H,9,11H2,1H3,(H,19,23)/t13-/m0/s1. The maximum absolute atomic E-state index is 12.4. The molecule has 1 N–H and O–H groups in total. The van der Waals surface area contributed by atoms with Crippen molar-refractivity contribution in [1.82, 2.24) is 0 Å². The number of aryl methyl sites for hydroxylation is 1. The maximum Gasteiger partial charge on any atom is 0.271 e. The smallest absolute Gasteiger partial charge is 0.271 e. The molecule has 2 amide bonds. The van der Waals surface area contributed by atoms with E-state index in [9.17, 15) is 19.7 Å². The van der Waals surface area contributed by atoms with Crippen molar-refractivity contribution < 1.29 is 14.5 Å². The summed E-state index contributed by atoms with van der Waals surface area (Å²) in [6, 6.07) is 13.3. The van der Waals surface area contributed by atoms with Crippen LogP contribution < -0.4 is 10.2 Å². The predicted molar refractivity (Wildman–Crippen MR) is 93.4 cm³/mol. The van der Waals surface area contributed by atoms with Gasteiger partial charge in [0, 0.05) is 36.5 Å². The number of nitro benzene ring substituents is 1. The van der Waals surface area contributed by atoms with Gasteiger partial charge in [-0.3, -0.25) is 19.7 Å². The van der Waals surface area contributed by atoms with E-state index in [0.717, 1.165) is 11.3 Å². The number of non-ortho nitro benzene ring substituents is 1. The van der Waals surface area contributed by atoms with Crippen LogP contribution in [0.4, 0.5) is 17.1 Å². The zero-order valence-corrected chi connectivity index (χ0v) is 13.6. The summed E-state index contributed by atoms with van der Waals surface area (Å²) in [5.41, 5.74) is 2.11. The molecule has 7 nitrogen and oxygen atoms in total. The van der Waals surface area contributed by atoms with Crippen molar-refractivity contribution in [3.05, 3.63) is 64.2 Å². The van der Waals surface area contributed by atoms with Crippen molar-refractivity contribution >= 4 is 28.9 Å². The Morgan fingerprint density at radius 2 is 1.96 bits per heavy atom. The number of nitro groups is 1. The molecule has 0 saturated carbocycles. The highest BCUT2D eigenvalue weighted by molar-refractivity contribution is 6.03. The lowest BCUT2D eigenvalue weighted by Crippen LogP contribution is -2.28. The molecule has 1 aliphatic rings. The molecule has 128 valence electrons. The van der Waals surface area contributed by atoms with Crippen molar-refractivity contribution in [3.63, 3.8) is 0 Å². The van der Waals surface area contributed by atoms with Crippen LogP contribution in [0.1, 0.15) is 12.0 Å². The monoisotopic (exact) mass is 339 g/mol. The van der Waals surface area contributed by atoms with Gasteiger partial charge in [0.15, 0.2) is 0 Å². The Bertz CT molecular complexity index is 832. The van der Waals surface area contributed by atoms with Gasteiger partial charge in [-0.2, -0.15) is 0 Å². The predicted octanol–water partition coefficient (Wildman–Crippen LogP) is 2.89. The molecule has 0 radical (unpaired) electrons. The molecule has 1 atom stereocenters. The van der Waals surface area contributed by atoms with Crippen LogP contribution >= 0.6 is 0 Å². The van der Waals surface area contributed by atoms with Crippen LogP contribution in [0.5, 0.6) is 0 Å². The molecule has 1 heterocycles. The van der Waals surface area contributed by atoms with Gasteiger partial charge in [-0.25, -0.2) is 0 Å². The van der Waals surface area contributed by atoms with Gasteiger partial charge >= 0.3 is 0 Å². The maximum atomic E-state index is 12.4. The van der Waals surface area contributed by atoms with Crippen molar-refractivity contribution in [2.75, 3.05) is 16.8 Å². The third-order valence-electron chi connectivity index (χ3n) is 4.17. The van der Waals surface area contributed by atoms with E-state index in [0.29, 0.717) is 12.2 Å². The highest BCUT2D eigenvalue weighted by atomic mass is 16.6. The molecule has 0 aliphatic carbocycles. The van der Waals surface area contributed by atoms with Gasteiger partial charge in [0.2, 0.25) is 11.8 Å². The molecule has 2 aromatic carbocycles. The fourth-order valence-electron chi connectivity index (χ4n) is 2.80. The first-order valence-corrected chi connectivity index (χ1v) is 7.86. The van der Waals surface area contributed by atoms with Gasteiger partial charge < -0.3 is 10.2 Å². The third kappa shape index (κ3) is 3.65. The normalized spacial score (nSPS) is 16.8. The van der Waals surface area contributed by atoms with Crippen LogP contribution in [0.25, 0.3) is 0 Å². The Hall–Kier alpha value is -3.22. The summed E-state index contributed by atoms with van der Waals surface area (Å²) in [6.07, 6.45) is 0.120. The number of amides is 2. The van der Waals surface area contributed by atoms with E-state index in [-0.39, 0.29) is 23.9 Å². The Labute approximate surface area is 144 Å². The van der Waals surface area contributed by atoms with E-state index in [2.05, 4.69) is 5.32 Å². The number of carbonyl (C=O) groups excluding carboxylic acids is 2. The molecule has 1 saturated heterocycles. The summed E-state index contributed by atoms with van der Waals surface area (Å²) in [6.45, 7) is 2.26. The number of anilines is 2. The van der Waals surface area contributed by atoms with Crippen molar-refractivity contribution in [3.8, 4) is 0 Å². The van der Waals surface area contributed by atoms with Crippen LogP contribution in [-0.2, 0) is 9.59 Å². The lowest BCUT2D eigenvalue weighted by molar-refractivity contribution is -0.384. The van der Waals surface area contributed by atoms with E-state index < -0.39 is 10.8 Å². The molecule has 1 fully saturated rings. The van der Waals surface area contributed by atoms with Crippen LogP contribution in [0.15, 0.2) is 48.5 Å². The average molecular weight is 339 g/mol. The van der Waals surface area contributed by atoms with E-state index in [1.54, 1.807) is 11.0 Å². The van der Waals surface area contributed by atoms with Crippen LogP contribution in [0.3, 0.4) is 0 Å². The summed E-state index contributed by atoms with van der Waals surface area (Å²) in [4.78, 5) is 36.5. The van der Waals surface area contributed by atoms with Crippen molar-refractivity contribution in [1.29, 1.82) is 0 Å². The van der Waals surface area contributed by atoms with Gasteiger partial charge in [0.25, 0.3) is 5.69 Å². The average Bonchev–Trinajstić information content (AvgIpc) is 2.98. The zero-order valence-electron chi connectivity index (χ0n) is 13.6. The highest BCUT2D eigenvalue weighted by Crippen LogP contribution is 2.26. The number of rotatable bonds is 4. The molecule has 0 spiro atoms. The Kier molecular flexibility index (Phi) is 4.47. The number of nitrogens with zero attached hydrogens (tertiary/aromatic N) is 2. The third-order valence-corrected chi connectivity index (χ3v) is 4.17. The minimum absolute atomic E-state index is 0.0958. The Morgan fingerprint density at radius 1 is 1.24 bits per heavy atom. The molecule has 1 aliphatic heterocycles. The van der Waals surface area contributed by atoms with Gasteiger partial charge in [-0.15, -0.1) is 0 Å². The van der Waals surface area contributed by atoms with Gasteiger partial charge in [-0.1, -0.05) is 23.8 Å². The summed E-state index contributed by atoms with van der Waals surface area (Å²) in [5.74, 6) is -0.917. The number of hydrogen-bond donors (Lipinski definition) is 1. The largest absolute Gasteiger partial charge is 0.326 e. The summed E-state index contributed by atoms with van der Waals surface area (Å²) in [7, 11) is 0. The molecule has 0 aromatic heterocycles. The number of hydrogen-bond acceptors (Lipinski definition) is 4. The minimum Gasteiger partial charge on any atom is -0.326 e. The van der Waals surface area contributed by atoms with Crippen LogP contribution in [-0.4, -0.2) is 23.3 Å². The molecule has 25 heavy (non-hydrogen) atoms. The molecule has 0 bridgehead atoms. The Balaban J connectivity index is 1.69. The minimum atomic E-state index is -0.520. The van der Waals surface area contributed by atoms with Gasteiger partial charge in [0.05, 0.1) is 10.8 Å². The second kappa shape index (κ2) is 6.72. The number of carbonyl (C=O) groups is 2. The van der Waals surface area contributed by atoms with Crippen molar-refractivity contribution in [2.45, 2.75) is 13.3 Å². The first-order chi connectivity index (χ1) is 11.9. The summed E-state index contributed by atoms with van der Waals surface area (Å²) in [5, 5.41) is 13.5. The molecule has 3 rings (SSSR count). The fourth-order valence-corrected chi connectivity index (χ4v) is 2.80. The van der Waals surface area contributed by atoms with E-state index in [4.69, 9.17) is 0 Å². The number of benzene rings is 2. The topological polar surface area (TPSA) is 92.6 Å². The van der Waals surface area contributed by atoms with E-state index in [1.807, 2.05) is 31.2 Å². The lowest BCUT2D eigenvalue weighted by Gasteiger charge is -2.17. The highest BCUT2D eigenvalue weighted by Gasteiger charge is 2.35. The quantitative estimate of drug-likeness (QED) is 0.685. The van der Waals surface area contributed by atoms with E-state index >= 15 is 0 Å². The summed E-state index contributed by atoms with van der Waals surface area (Å²) < 4.78 is 0. The van der Waals surface area contributed by atoms with Crippen LogP contribution in [0, 0.1) is 23.0 Å². The second-order valence-corrected chi connectivity index (χ2v) is 6.04. The number of nitrogens with one attached hydrogen (secondary N) is 1. The summed E-state index contributed by atoms with van der Waals surface area (Å²) >= 11 is 0. The Morgan fingerprint density at radius 3 is 2.64 bits per heavy atom.